The Kier molecular flexibility index (Phi) is 4.16. The molecule has 2 heterocycles. The molecule has 2 N–H and O–H groups in total. The summed E-state index contributed by atoms with van der Waals surface area (Å²) in [5, 5.41) is 19.0. The van der Waals surface area contributed by atoms with Crippen LogP contribution >= 0.6 is 0 Å². The van der Waals surface area contributed by atoms with Gasteiger partial charge in [-0.1, -0.05) is 6.07 Å². The first kappa shape index (κ1) is 13.3. The molecule has 0 aliphatic carbocycles. The molecule has 5 heteroatoms. The lowest BCUT2D eigenvalue weighted by Crippen LogP contribution is -2.50. The maximum atomic E-state index is 9.80. The van der Waals surface area contributed by atoms with Gasteiger partial charge in [0.2, 0.25) is 0 Å². The van der Waals surface area contributed by atoms with Gasteiger partial charge in [-0.3, -0.25) is 0 Å². The molecule has 18 heavy (non-hydrogen) atoms. The highest BCUT2D eigenvalue weighted by Gasteiger charge is 2.28. The van der Waals surface area contributed by atoms with Gasteiger partial charge < -0.3 is 19.8 Å². The van der Waals surface area contributed by atoms with E-state index < -0.39 is 6.10 Å². The Morgan fingerprint density at radius 2 is 2.39 bits per heavy atom. The fourth-order valence-electron chi connectivity index (χ4n) is 2.20. The van der Waals surface area contributed by atoms with E-state index in [0.29, 0.717) is 13.2 Å². The molecule has 100 valence electrons. The van der Waals surface area contributed by atoms with Gasteiger partial charge in [-0.05, 0) is 19.9 Å². The van der Waals surface area contributed by atoms with Crippen LogP contribution in [0.3, 0.4) is 0 Å². The number of nitrogens with zero attached hydrogens (tertiary/aromatic N) is 2. The predicted molar refractivity (Wildman–Crippen MR) is 68.5 cm³/mol. The summed E-state index contributed by atoms with van der Waals surface area (Å²) in [7, 11) is 0. The minimum Gasteiger partial charge on any atom is -0.394 e. The zero-order chi connectivity index (χ0) is 13.1. The molecule has 3 unspecified atom stereocenters. The molecular weight excluding hydrogens is 232 g/mol. The summed E-state index contributed by atoms with van der Waals surface area (Å²) < 4.78 is 5.51. The van der Waals surface area contributed by atoms with Crippen LogP contribution in [0.15, 0.2) is 18.3 Å². The third kappa shape index (κ3) is 2.63. The van der Waals surface area contributed by atoms with Crippen LogP contribution in [-0.2, 0) is 4.74 Å². The van der Waals surface area contributed by atoms with Crippen molar-refractivity contribution in [2.75, 3.05) is 24.7 Å². The molecule has 1 saturated heterocycles. The molecule has 2 rings (SSSR count). The topological polar surface area (TPSA) is 65.8 Å². The Morgan fingerprint density at radius 3 is 3.06 bits per heavy atom. The van der Waals surface area contributed by atoms with E-state index in [4.69, 9.17) is 4.74 Å². The van der Waals surface area contributed by atoms with Crippen LogP contribution in [0.4, 0.5) is 5.82 Å². The lowest BCUT2D eigenvalue weighted by molar-refractivity contribution is -0.0107. The highest BCUT2D eigenvalue weighted by atomic mass is 16.5. The van der Waals surface area contributed by atoms with E-state index in [1.54, 1.807) is 13.1 Å². The third-order valence-corrected chi connectivity index (χ3v) is 3.25. The number of aromatic nitrogens is 1. The average molecular weight is 252 g/mol. The van der Waals surface area contributed by atoms with Gasteiger partial charge in [0.1, 0.15) is 5.82 Å². The van der Waals surface area contributed by atoms with Crippen molar-refractivity contribution in [1.29, 1.82) is 0 Å². The number of morpholine rings is 1. The van der Waals surface area contributed by atoms with Crippen LogP contribution in [0, 0.1) is 0 Å². The maximum Gasteiger partial charge on any atom is 0.134 e. The monoisotopic (exact) mass is 252 g/mol. The largest absolute Gasteiger partial charge is 0.394 e. The number of ether oxygens (including phenoxy) is 1. The highest BCUT2D eigenvalue weighted by molar-refractivity contribution is 5.49. The van der Waals surface area contributed by atoms with Gasteiger partial charge in [-0.15, -0.1) is 0 Å². The minimum atomic E-state index is -0.559. The number of hydrogen-bond donors (Lipinski definition) is 2. The molecule has 1 aliphatic heterocycles. The Labute approximate surface area is 107 Å². The number of aliphatic hydroxyl groups is 2. The van der Waals surface area contributed by atoms with Crippen molar-refractivity contribution >= 4 is 5.82 Å². The van der Waals surface area contributed by atoms with Gasteiger partial charge in [-0.2, -0.15) is 0 Å². The number of pyridine rings is 1. The van der Waals surface area contributed by atoms with Gasteiger partial charge in [0.05, 0.1) is 31.5 Å². The van der Waals surface area contributed by atoms with Crippen molar-refractivity contribution in [1.82, 2.24) is 4.98 Å². The van der Waals surface area contributed by atoms with Gasteiger partial charge >= 0.3 is 0 Å². The summed E-state index contributed by atoms with van der Waals surface area (Å²) >= 11 is 0. The highest BCUT2D eigenvalue weighted by Crippen LogP contribution is 2.27. The summed E-state index contributed by atoms with van der Waals surface area (Å²) in [6, 6.07) is 3.88. The van der Waals surface area contributed by atoms with Crippen molar-refractivity contribution in [3.63, 3.8) is 0 Å². The SMILES string of the molecule is CC(O)c1cccnc1N1CC(CO)OCC1C. The molecule has 0 spiro atoms. The number of rotatable bonds is 3. The number of anilines is 1. The Balaban J connectivity index is 2.28. The first-order valence-corrected chi connectivity index (χ1v) is 6.25. The second kappa shape index (κ2) is 5.65. The zero-order valence-electron chi connectivity index (χ0n) is 10.8. The van der Waals surface area contributed by atoms with Crippen LogP contribution in [0.25, 0.3) is 0 Å². The lowest BCUT2D eigenvalue weighted by Gasteiger charge is -2.39. The van der Waals surface area contributed by atoms with Crippen LogP contribution in [0.5, 0.6) is 0 Å². The molecular formula is C13H20N2O3. The minimum absolute atomic E-state index is 0.0000650. The van der Waals surface area contributed by atoms with Gasteiger partial charge in [0.25, 0.3) is 0 Å². The van der Waals surface area contributed by atoms with Gasteiger partial charge in [0.15, 0.2) is 0 Å². The van der Waals surface area contributed by atoms with Crippen LogP contribution < -0.4 is 4.90 Å². The number of aliphatic hydroxyl groups excluding tert-OH is 2. The Hall–Kier alpha value is -1.17. The summed E-state index contributed by atoms with van der Waals surface area (Å²) in [4.78, 5) is 6.46. The lowest BCUT2D eigenvalue weighted by atomic mass is 10.1. The first-order chi connectivity index (χ1) is 8.63. The Morgan fingerprint density at radius 1 is 1.61 bits per heavy atom. The summed E-state index contributed by atoms with van der Waals surface area (Å²) in [5.74, 6) is 0.779. The van der Waals surface area contributed by atoms with Crippen LogP contribution in [0.2, 0.25) is 0 Å². The summed E-state index contributed by atoms with van der Waals surface area (Å²) in [5.41, 5.74) is 0.808. The fraction of sp³-hybridized carbons (Fsp3) is 0.615. The van der Waals surface area contributed by atoms with Crippen molar-refractivity contribution < 1.29 is 14.9 Å². The van der Waals surface area contributed by atoms with Gasteiger partial charge in [-0.25, -0.2) is 4.98 Å². The van der Waals surface area contributed by atoms with E-state index >= 15 is 0 Å². The molecule has 0 radical (unpaired) electrons. The summed E-state index contributed by atoms with van der Waals surface area (Å²) in [6.07, 6.45) is 0.971. The molecule has 3 atom stereocenters. The van der Waals surface area contributed by atoms with Gasteiger partial charge in [0, 0.05) is 18.3 Å². The van der Waals surface area contributed by atoms with Crippen molar-refractivity contribution in [3.8, 4) is 0 Å². The molecule has 5 nitrogen and oxygen atoms in total. The molecule has 0 saturated carbocycles. The smallest absolute Gasteiger partial charge is 0.134 e. The molecule has 0 amide bonds. The second-order valence-corrected chi connectivity index (χ2v) is 4.73. The maximum absolute atomic E-state index is 9.80. The molecule has 1 aliphatic rings. The van der Waals surface area contributed by atoms with Crippen LogP contribution in [0.1, 0.15) is 25.5 Å². The van der Waals surface area contributed by atoms with E-state index in [-0.39, 0.29) is 18.8 Å². The molecule has 0 aromatic carbocycles. The van der Waals surface area contributed by atoms with Crippen molar-refractivity contribution in [3.05, 3.63) is 23.9 Å². The van der Waals surface area contributed by atoms with E-state index in [1.165, 1.54) is 0 Å². The zero-order valence-corrected chi connectivity index (χ0v) is 10.8. The van der Waals surface area contributed by atoms with Crippen LogP contribution in [-0.4, -0.2) is 47.1 Å². The second-order valence-electron chi connectivity index (χ2n) is 4.73. The van der Waals surface area contributed by atoms with E-state index in [1.807, 2.05) is 19.1 Å². The molecule has 1 aromatic heterocycles. The van der Waals surface area contributed by atoms with Crippen molar-refractivity contribution in [2.45, 2.75) is 32.1 Å². The molecule has 1 aromatic rings. The van der Waals surface area contributed by atoms with Crippen molar-refractivity contribution in [2.24, 2.45) is 0 Å². The standard InChI is InChI=1S/C13H20N2O3/c1-9-8-18-11(7-16)6-15(9)13-12(10(2)17)4-3-5-14-13/h3-5,9-11,16-17H,6-8H2,1-2H3. The fourth-order valence-corrected chi connectivity index (χ4v) is 2.20. The Bertz CT molecular complexity index is 398. The quantitative estimate of drug-likeness (QED) is 0.830. The summed E-state index contributed by atoms with van der Waals surface area (Å²) in [6.45, 7) is 4.93. The van der Waals surface area contributed by atoms with E-state index in [2.05, 4.69) is 9.88 Å². The third-order valence-electron chi connectivity index (χ3n) is 3.25. The number of hydrogen-bond acceptors (Lipinski definition) is 5. The molecule has 1 fully saturated rings. The first-order valence-electron chi connectivity index (χ1n) is 6.25. The predicted octanol–water partition coefficient (Wildman–Crippen LogP) is 0.721. The normalized spacial score (nSPS) is 26.1. The molecule has 0 bridgehead atoms. The van der Waals surface area contributed by atoms with E-state index in [0.717, 1.165) is 11.4 Å². The average Bonchev–Trinajstić information content (AvgIpc) is 2.39. The van der Waals surface area contributed by atoms with E-state index in [9.17, 15) is 10.2 Å².